The van der Waals surface area contributed by atoms with Crippen LogP contribution in [0.5, 0.6) is 5.75 Å². The number of ether oxygens (including phenoxy) is 1. The van der Waals surface area contributed by atoms with Gasteiger partial charge in [0.25, 0.3) is 0 Å². The third-order valence-corrected chi connectivity index (χ3v) is 4.71. The van der Waals surface area contributed by atoms with E-state index in [0.29, 0.717) is 17.5 Å². The Morgan fingerprint density at radius 2 is 1.69 bits per heavy atom. The van der Waals surface area contributed by atoms with E-state index in [4.69, 9.17) is 4.74 Å². The zero-order valence-corrected chi connectivity index (χ0v) is 15.9. The van der Waals surface area contributed by atoms with E-state index in [-0.39, 0.29) is 16.1 Å². The van der Waals surface area contributed by atoms with E-state index in [9.17, 15) is 30.7 Å². The van der Waals surface area contributed by atoms with Crippen molar-refractivity contribution in [2.75, 3.05) is 18.2 Å². The summed E-state index contributed by atoms with van der Waals surface area (Å²) in [4.78, 5) is 3.27. The standard InChI is InChI=1S/C18H15F7N2OS/c1-10-7-13(19)14(8-15(10)29-9-17(20,21)22)27-16(18(23,24)25)26-11-3-5-12(28-2)6-4-11/h3-8H,9H2,1-2H3,(H,26,27). The second-order valence-corrected chi connectivity index (χ2v) is 6.80. The van der Waals surface area contributed by atoms with Crippen LogP contribution in [0.15, 0.2) is 46.3 Å². The molecule has 2 aromatic carbocycles. The molecule has 29 heavy (non-hydrogen) atoms. The van der Waals surface area contributed by atoms with Gasteiger partial charge in [-0.1, -0.05) is 0 Å². The van der Waals surface area contributed by atoms with Gasteiger partial charge in [-0.15, -0.1) is 11.8 Å². The van der Waals surface area contributed by atoms with Gasteiger partial charge in [0.1, 0.15) is 17.3 Å². The van der Waals surface area contributed by atoms with Crippen LogP contribution >= 0.6 is 11.8 Å². The van der Waals surface area contributed by atoms with E-state index in [2.05, 4.69) is 10.3 Å². The summed E-state index contributed by atoms with van der Waals surface area (Å²) in [6, 6.07) is 7.14. The number of rotatable bonds is 5. The lowest BCUT2D eigenvalue weighted by Gasteiger charge is -2.15. The number of hydrogen-bond donors (Lipinski definition) is 1. The number of anilines is 1. The summed E-state index contributed by atoms with van der Waals surface area (Å²) in [6.07, 6.45) is -9.45. The van der Waals surface area contributed by atoms with E-state index >= 15 is 0 Å². The van der Waals surface area contributed by atoms with Gasteiger partial charge < -0.3 is 10.1 Å². The Morgan fingerprint density at radius 1 is 1.07 bits per heavy atom. The molecular weight excluding hydrogens is 425 g/mol. The highest BCUT2D eigenvalue weighted by atomic mass is 32.2. The van der Waals surface area contributed by atoms with Gasteiger partial charge in [-0.25, -0.2) is 9.38 Å². The van der Waals surface area contributed by atoms with Crippen LogP contribution in [0.2, 0.25) is 0 Å². The monoisotopic (exact) mass is 440 g/mol. The number of aryl methyl sites for hydroxylation is 1. The van der Waals surface area contributed by atoms with Crippen molar-refractivity contribution in [1.82, 2.24) is 0 Å². The molecule has 0 bridgehead atoms. The Bertz CT molecular complexity index is 878. The molecule has 0 atom stereocenters. The Hall–Kier alpha value is -2.43. The van der Waals surface area contributed by atoms with Crippen molar-refractivity contribution in [3.05, 3.63) is 47.8 Å². The maximum atomic E-state index is 14.1. The van der Waals surface area contributed by atoms with Gasteiger partial charge in [-0.05, 0) is 48.9 Å². The first-order chi connectivity index (χ1) is 13.4. The van der Waals surface area contributed by atoms with E-state index in [1.54, 1.807) is 0 Å². The molecule has 0 fully saturated rings. The van der Waals surface area contributed by atoms with Crippen molar-refractivity contribution in [3.8, 4) is 5.75 Å². The maximum Gasteiger partial charge on any atom is 0.449 e. The molecule has 11 heteroatoms. The number of methoxy groups -OCH3 is 1. The second-order valence-electron chi connectivity index (χ2n) is 5.78. The van der Waals surface area contributed by atoms with Crippen molar-refractivity contribution in [2.45, 2.75) is 24.2 Å². The van der Waals surface area contributed by atoms with Gasteiger partial charge >= 0.3 is 12.4 Å². The molecule has 0 heterocycles. The predicted molar refractivity (Wildman–Crippen MR) is 97.7 cm³/mol. The number of halogens is 7. The summed E-state index contributed by atoms with van der Waals surface area (Å²) in [7, 11) is 1.39. The zero-order chi connectivity index (χ0) is 21.8. The summed E-state index contributed by atoms with van der Waals surface area (Å²) in [5, 5.41) is 2.05. The quantitative estimate of drug-likeness (QED) is 0.249. The van der Waals surface area contributed by atoms with Crippen LogP contribution in [0.25, 0.3) is 0 Å². The fraction of sp³-hybridized carbons (Fsp3) is 0.278. The van der Waals surface area contributed by atoms with Crippen LogP contribution < -0.4 is 10.1 Å². The first kappa shape index (κ1) is 22.9. The minimum Gasteiger partial charge on any atom is -0.497 e. The molecule has 0 amide bonds. The number of aliphatic imine (C=N–C) groups is 1. The van der Waals surface area contributed by atoms with Gasteiger partial charge in [0.05, 0.1) is 12.9 Å². The highest BCUT2D eigenvalue weighted by Gasteiger charge is 2.36. The molecule has 0 saturated heterocycles. The van der Waals surface area contributed by atoms with Crippen LogP contribution in [0.3, 0.4) is 0 Å². The molecule has 0 saturated carbocycles. The van der Waals surface area contributed by atoms with Crippen LogP contribution in [0.4, 0.5) is 42.1 Å². The van der Waals surface area contributed by atoms with Crippen LogP contribution in [0.1, 0.15) is 5.56 Å². The second kappa shape index (κ2) is 8.93. The summed E-state index contributed by atoms with van der Waals surface area (Å²) >= 11 is 0.343. The van der Waals surface area contributed by atoms with Gasteiger partial charge in [-0.2, -0.15) is 26.3 Å². The summed E-state index contributed by atoms with van der Waals surface area (Å²) < 4.78 is 96.4. The van der Waals surface area contributed by atoms with Gasteiger partial charge in [0, 0.05) is 10.6 Å². The van der Waals surface area contributed by atoms with Crippen molar-refractivity contribution < 1.29 is 35.5 Å². The average molecular weight is 440 g/mol. The Balaban J connectivity index is 2.38. The number of amidine groups is 1. The molecule has 0 radical (unpaired) electrons. The van der Waals surface area contributed by atoms with Crippen molar-refractivity contribution >= 4 is 29.0 Å². The molecule has 0 aliphatic carbocycles. The Kier molecular flexibility index (Phi) is 7.04. The molecule has 0 aliphatic heterocycles. The molecule has 0 spiro atoms. The zero-order valence-electron chi connectivity index (χ0n) is 15.1. The van der Waals surface area contributed by atoms with E-state index in [1.807, 2.05) is 0 Å². The van der Waals surface area contributed by atoms with E-state index in [1.165, 1.54) is 38.3 Å². The summed E-state index contributed by atoms with van der Waals surface area (Å²) in [5.74, 6) is -3.45. The van der Waals surface area contributed by atoms with Gasteiger partial charge in [-0.3, -0.25) is 0 Å². The molecule has 2 rings (SSSR count). The number of nitrogens with one attached hydrogen (secondary N) is 1. The molecule has 0 unspecified atom stereocenters. The third-order valence-electron chi connectivity index (χ3n) is 3.49. The highest BCUT2D eigenvalue weighted by molar-refractivity contribution is 7.99. The lowest BCUT2D eigenvalue weighted by molar-refractivity contribution is -0.105. The molecular formula is C18H15F7N2OS. The summed E-state index contributed by atoms with van der Waals surface area (Å²) in [5.41, 5.74) is -0.554. The molecule has 0 aromatic heterocycles. The van der Waals surface area contributed by atoms with Crippen molar-refractivity contribution in [1.29, 1.82) is 0 Å². The lowest BCUT2D eigenvalue weighted by Crippen LogP contribution is -2.30. The lowest BCUT2D eigenvalue weighted by atomic mass is 10.2. The topological polar surface area (TPSA) is 33.6 Å². The van der Waals surface area contributed by atoms with Gasteiger partial charge in [0.2, 0.25) is 5.84 Å². The van der Waals surface area contributed by atoms with Crippen LogP contribution in [-0.2, 0) is 0 Å². The average Bonchev–Trinajstić information content (AvgIpc) is 2.61. The van der Waals surface area contributed by atoms with E-state index in [0.717, 1.165) is 12.1 Å². The van der Waals surface area contributed by atoms with E-state index < -0.39 is 35.4 Å². The number of thioether (sulfide) groups is 1. The Morgan fingerprint density at radius 3 is 2.21 bits per heavy atom. The number of alkyl halides is 6. The SMILES string of the molecule is COc1ccc(N/C(=N/c2cc(SCC(F)(F)F)c(C)cc2F)C(F)(F)F)cc1. The first-order valence-corrected chi connectivity index (χ1v) is 8.94. The fourth-order valence-electron chi connectivity index (χ4n) is 2.14. The third kappa shape index (κ3) is 6.84. The predicted octanol–water partition coefficient (Wildman–Crippen LogP) is 6.50. The highest BCUT2D eigenvalue weighted by Crippen LogP contribution is 2.34. The van der Waals surface area contributed by atoms with Crippen molar-refractivity contribution in [2.24, 2.45) is 4.99 Å². The fourth-order valence-corrected chi connectivity index (χ4v) is 2.94. The normalized spacial score (nSPS) is 12.8. The molecule has 1 N–H and O–H groups in total. The number of nitrogens with zero attached hydrogens (tertiary/aromatic N) is 1. The number of benzene rings is 2. The van der Waals surface area contributed by atoms with Crippen molar-refractivity contribution in [3.63, 3.8) is 0 Å². The largest absolute Gasteiger partial charge is 0.497 e. The van der Waals surface area contributed by atoms with Crippen LogP contribution in [-0.4, -0.2) is 31.1 Å². The molecule has 158 valence electrons. The first-order valence-electron chi connectivity index (χ1n) is 7.95. The number of hydrogen-bond acceptors (Lipinski definition) is 3. The maximum absolute atomic E-state index is 14.1. The summed E-state index contributed by atoms with van der Waals surface area (Å²) in [6.45, 7) is 1.36. The van der Waals surface area contributed by atoms with Crippen LogP contribution in [0, 0.1) is 12.7 Å². The molecule has 3 nitrogen and oxygen atoms in total. The molecule has 0 aliphatic rings. The Labute approximate surface area is 166 Å². The minimum absolute atomic E-state index is 0.0149. The molecule has 2 aromatic rings. The smallest absolute Gasteiger partial charge is 0.449 e. The van der Waals surface area contributed by atoms with Gasteiger partial charge in [0.15, 0.2) is 0 Å². The minimum atomic E-state index is -4.96.